The van der Waals surface area contributed by atoms with Crippen LogP contribution in [0.3, 0.4) is 0 Å². The van der Waals surface area contributed by atoms with Gasteiger partial charge >= 0.3 is 0 Å². The molecule has 0 aliphatic carbocycles. The Balaban J connectivity index is 2.01. The molecule has 9 heteroatoms. The quantitative estimate of drug-likeness (QED) is 0.376. The van der Waals surface area contributed by atoms with E-state index in [1.54, 1.807) is 31.4 Å². The zero-order chi connectivity index (χ0) is 29.5. The fourth-order valence-electron chi connectivity index (χ4n) is 4.23. The molecule has 3 rings (SSSR count). The average Bonchev–Trinajstić information content (AvgIpc) is 2.90. The van der Waals surface area contributed by atoms with Gasteiger partial charge in [0.05, 0.1) is 18.6 Å². The first kappa shape index (κ1) is 30.8. The Bertz CT molecular complexity index is 1400. The maximum atomic E-state index is 14.0. The summed E-state index contributed by atoms with van der Waals surface area (Å²) in [5.74, 6) is -0.203. The van der Waals surface area contributed by atoms with Crippen LogP contribution >= 0.6 is 0 Å². The first-order chi connectivity index (χ1) is 18.8. The topological polar surface area (TPSA) is 96.0 Å². The van der Waals surface area contributed by atoms with Gasteiger partial charge < -0.3 is 15.0 Å². The van der Waals surface area contributed by atoms with E-state index in [4.69, 9.17) is 4.74 Å². The summed E-state index contributed by atoms with van der Waals surface area (Å²) in [7, 11) is -1.01. The summed E-state index contributed by atoms with van der Waals surface area (Å²) >= 11 is 0. The molecule has 2 amide bonds. The highest BCUT2D eigenvalue weighted by molar-refractivity contribution is 7.89. The molecule has 0 aliphatic rings. The van der Waals surface area contributed by atoms with Gasteiger partial charge in [-0.25, -0.2) is 8.42 Å². The van der Waals surface area contributed by atoms with Gasteiger partial charge in [0.25, 0.3) is 0 Å². The second kappa shape index (κ2) is 13.1. The number of hydrogen-bond donors (Lipinski definition) is 1. The Morgan fingerprint density at radius 2 is 1.55 bits per heavy atom. The fourth-order valence-corrected chi connectivity index (χ4v) is 5.35. The van der Waals surface area contributed by atoms with Gasteiger partial charge in [0.1, 0.15) is 11.8 Å². The van der Waals surface area contributed by atoms with Gasteiger partial charge in [0.2, 0.25) is 21.8 Å². The zero-order valence-electron chi connectivity index (χ0n) is 24.0. The first-order valence-corrected chi connectivity index (χ1v) is 14.6. The molecule has 0 heterocycles. The molecule has 1 unspecified atom stereocenters. The highest BCUT2D eigenvalue weighted by Gasteiger charge is 2.34. The van der Waals surface area contributed by atoms with Crippen LogP contribution in [0, 0.1) is 6.92 Å². The Morgan fingerprint density at radius 1 is 0.925 bits per heavy atom. The van der Waals surface area contributed by atoms with Crippen molar-refractivity contribution in [3.63, 3.8) is 0 Å². The van der Waals surface area contributed by atoms with Crippen molar-refractivity contribution < 1.29 is 22.7 Å². The number of ether oxygens (including phenoxy) is 1. The summed E-state index contributed by atoms with van der Waals surface area (Å²) in [6, 6.07) is 22.3. The molecule has 0 saturated carbocycles. The lowest BCUT2D eigenvalue weighted by atomic mass is 10.0. The molecule has 40 heavy (non-hydrogen) atoms. The second-order valence-electron chi connectivity index (χ2n) is 10.9. The smallest absolute Gasteiger partial charge is 0.243 e. The van der Waals surface area contributed by atoms with Crippen LogP contribution in [0.2, 0.25) is 0 Å². The summed E-state index contributed by atoms with van der Waals surface area (Å²) in [4.78, 5) is 29.2. The molecule has 1 N–H and O–H groups in total. The van der Waals surface area contributed by atoms with Crippen LogP contribution in [0.5, 0.6) is 5.75 Å². The summed E-state index contributed by atoms with van der Waals surface area (Å²) < 4.78 is 33.0. The van der Waals surface area contributed by atoms with Crippen molar-refractivity contribution in [2.24, 2.45) is 0 Å². The SMILES string of the molecule is COc1cccc(CN(C(=O)CN(C)S(=O)(=O)c2ccc(C)cc2)C(Cc2ccccc2)C(=O)NC(C)(C)C)c1. The van der Waals surface area contributed by atoms with Crippen molar-refractivity contribution in [2.75, 3.05) is 20.7 Å². The molecule has 0 bridgehead atoms. The summed E-state index contributed by atoms with van der Waals surface area (Å²) in [6.45, 7) is 7.15. The molecule has 0 spiro atoms. The lowest BCUT2D eigenvalue weighted by Crippen LogP contribution is -2.56. The van der Waals surface area contributed by atoms with Crippen LogP contribution in [-0.2, 0) is 32.6 Å². The number of benzene rings is 3. The number of carbonyl (C=O) groups is 2. The molecule has 0 saturated heterocycles. The third kappa shape index (κ3) is 8.40. The lowest BCUT2D eigenvalue weighted by molar-refractivity contribution is -0.141. The predicted octanol–water partition coefficient (Wildman–Crippen LogP) is 4.18. The van der Waals surface area contributed by atoms with Gasteiger partial charge in [-0.15, -0.1) is 0 Å². The number of carbonyl (C=O) groups excluding carboxylic acids is 2. The van der Waals surface area contributed by atoms with Crippen LogP contribution in [0.15, 0.2) is 83.8 Å². The van der Waals surface area contributed by atoms with Gasteiger partial charge in [0, 0.05) is 25.6 Å². The zero-order valence-corrected chi connectivity index (χ0v) is 24.9. The number of aryl methyl sites for hydroxylation is 1. The van der Waals surface area contributed by atoms with Crippen LogP contribution < -0.4 is 10.1 Å². The van der Waals surface area contributed by atoms with Gasteiger partial charge in [0.15, 0.2) is 0 Å². The van der Waals surface area contributed by atoms with E-state index >= 15 is 0 Å². The largest absolute Gasteiger partial charge is 0.497 e. The molecule has 0 aromatic heterocycles. The minimum Gasteiger partial charge on any atom is -0.497 e. The monoisotopic (exact) mass is 565 g/mol. The number of nitrogens with zero attached hydrogens (tertiary/aromatic N) is 2. The summed E-state index contributed by atoms with van der Waals surface area (Å²) in [6.07, 6.45) is 0.257. The van der Waals surface area contributed by atoms with E-state index in [0.717, 1.165) is 21.0 Å². The minimum absolute atomic E-state index is 0.0868. The van der Waals surface area contributed by atoms with Crippen LogP contribution in [0.4, 0.5) is 0 Å². The standard InChI is InChI=1S/C31H39N3O5S/c1-23-15-17-27(18-16-23)40(37,38)33(5)22-29(35)34(21-25-13-10-14-26(19-25)39-6)28(30(36)32-31(2,3)4)20-24-11-8-7-9-12-24/h7-19,28H,20-22H2,1-6H3,(H,32,36). The number of amides is 2. The number of likely N-dealkylation sites (N-methyl/N-ethyl adjacent to an activating group) is 1. The molecular weight excluding hydrogens is 526 g/mol. The molecule has 3 aromatic carbocycles. The molecule has 214 valence electrons. The van der Waals surface area contributed by atoms with Crippen LogP contribution in [0.1, 0.15) is 37.5 Å². The molecule has 0 fully saturated rings. The van der Waals surface area contributed by atoms with Crippen molar-refractivity contribution in [2.45, 2.75) is 57.1 Å². The van der Waals surface area contributed by atoms with Gasteiger partial charge in [-0.3, -0.25) is 9.59 Å². The molecule has 8 nitrogen and oxygen atoms in total. The van der Waals surface area contributed by atoms with Crippen LogP contribution in [0.25, 0.3) is 0 Å². The van der Waals surface area contributed by atoms with Gasteiger partial charge in [-0.05, 0) is 63.1 Å². The number of sulfonamides is 1. The van der Waals surface area contributed by atoms with Crippen molar-refractivity contribution in [1.82, 2.24) is 14.5 Å². The lowest BCUT2D eigenvalue weighted by Gasteiger charge is -2.34. The second-order valence-corrected chi connectivity index (χ2v) is 12.9. The number of methoxy groups -OCH3 is 1. The number of rotatable bonds is 11. The van der Waals surface area contributed by atoms with E-state index in [9.17, 15) is 18.0 Å². The highest BCUT2D eigenvalue weighted by Crippen LogP contribution is 2.21. The van der Waals surface area contributed by atoms with Crippen molar-refractivity contribution in [3.8, 4) is 5.75 Å². The summed E-state index contributed by atoms with van der Waals surface area (Å²) in [5, 5.41) is 3.01. The van der Waals surface area contributed by atoms with E-state index in [1.807, 2.05) is 70.2 Å². The third-order valence-electron chi connectivity index (χ3n) is 6.34. The molecule has 0 radical (unpaired) electrons. The van der Waals surface area contributed by atoms with E-state index < -0.39 is 34.1 Å². The molecule has 3 aromatic rings. The number of hydrogen-bond acceptors (Lipinski definition) is 5. The predicted molar refractivity (Wildman–Crippen MR) is 156 cm³/mol. The molecular formula is C31H39N3O5S. The normalized spacial score (nSPS) is 12.6. The Hall–Kier alpha value is -3.69. The van der Waals surface area contributed by atoms with E-state index in [0.29, 0.717) is 5.75 Å². The van der Waals surface area contributed by atoms with Gasteiger partial charge in [-0.1, -0.05) is 60.2 Å². The summed E-state index contributed by atoms with van der Waals surface area (Å²) in [5.41, 5.74) is 2.01. The highest BCUT2D eigenvalue weighted by atomic mass is 32.2. The van der Waals surface area contributed by atoms with E-state index in [-0.39, 0.29) is 23.8 Å². The molecule has 1 atom stereocenters. The first-order valence-electron chi connectivity index (χ1n) is 13.1. The third-order valence-corrected chi connectivity index (χ3v) is 8.16. The molecule has 0 aliphatic heterocycles. The van der Waals surface area contributed by atoms with E-state index in [1.165, 1.54) is 24.1 Å². The van der Waals surface area contributed by atoms with Crippen molar-refractivity contribution in [3.05, 3.63) is 95.6 Å². The Morgan fingerprint density at radius 3 is 2.15 bits per heavy atom. The van der Waals surface area contributed by atoms with Gasteiger partial charge in [-0.2, -0.15) is 4.31 Å². The Labute approximate surface area is 238 Å². The van der Waals surface area contributed by atoms with Crippen molar-refractivity contribution in [1.29, 1.82) is 0 Å². The van der Waals surface area contributed by atoms with E-state index in [2.05, 4.69) is 5.32 Å². The van der Waals surface area contributed by atoms with Crippen LogP contribution in [-0.4, -0.2) is 61.7 Å². The minimum atomic E-state index is -3.94. The average molecular weight is 566 g/mol. The number of nitrogens with one attached hydrogen (secondary N) is 1. The maximum absolute atomic E-state index is 14.0. The maximum Gasteiger partial charge on any atom is 0.243 e. The van der Waals surface area contributed by atoms with Crippen molar-refractivity contribution >= 4 is 21.8 Å². The Kier molecular flexibility index (Phi) is 10.1. The fraction of sp³-hybridized carbons (Fsp3) is 0.355.